The van der Waals surface area contributed by atoms with Gasteiger partial charge in [-0.05, 0) is 66.5 Å². The quantitative estimate of drug-likeness (QED) is 0.398. The third-order valence-electron chi connectivity index (χ3n) is 6.87. The predicted molar refractivity (Wildman–Crippen MR) is 140 cm³/mol. The fraction of sp³-hybridized carbons (Fsp3) is 0.367. The van der Waals surface area contributed by atoms with Crippen LogP contribution in [0.5, 0.6) is 0 Å². The molecule has 2 heterocycles. The van der Waals surface area contributed by atoms with Crippen LogP contribution in [0.25, 0.3) is 11.1 Å². The molecule has 5 nitrogen and oxygen atoms in total. The van der Waals surface area contributed by atoms with Crippen molar-refractivity contribution < 1.29 is 9.59 Å². The summed E-state index contributed by atoms with van der Waals surface area (Å²) in [6.45, 7) is 2.40. The number of hydrogen-bond donors (Lipinski definition) is 1. The van der Waals surface area contributed by atoms with Crippen molar-refractivity contribution in [3.8, 4) is 11.1 Å². The van der Waals surface area contributed by atoms with Gasteiger partial charge < -0.3 is 10.2 Å². The van der Waals surface area contributed by atoms with E-state index >= 15 is 0 Å². The van der Waals surface area contributed by atoms with Gasteiger partial charge in [-0.15, -0.1) is 0 Å². The summed E-state index contributed by atoms with van der Waals surface area (Å²) in [6, 6.07) is 22.1. The van der Waals surface area contributed by atoms with Crippen LogP contribution in [0, 0.1) is 5.92 Å². The summed E-state index contributed by atoms with van der Waals surface area (Å²) >= 11 is 0. The van der Waals surface area contributed by atoms with Crippen LogP contribution in [0.3, 0.4) is 0 Å². The van der Waals surface area contributed by atoms with Crippen molar-refractivity contribution in [3.05, 3.63) is 90.3 Å². The normalized spacial score (nSPS) is 14.0. The van der Waals surface area contributed by atoms with E-state index in [0.29, 0.717) is 12.3 Å². The van der Waals surface area contributed by atoms with Crippen molar-refractivity contribution in [3.63, 3.8) is 0 Å². The van der Waals surface area contributed by atoms with Crippen LogP contribution < -0.4 is 5.32 Å². The molecular weight excluding hydrogens is 434 g/mol. The Morgan fingerprint density at radius 1 is 0.886 bits per heavy atom. The summed E-state index contributed by atoms with van der Waals surface area (Å²) in [7, 11) is 0. The first-order chi connectivity index (χ1) is 17.2. The fourth-order valence-corrected chi connectivity index (χ4v) is 4.72. The topological polar surface area (TPSA) is 62.3 Å². The average molecular weight is 470 g/mol. The van der Waals surface area contributed by atoms with Crippen molar-refractivity contribution in [2.24, 2.45) is 5.92 Å². The Balaban J connectivity index is 1.10. The van der Waals surface area contributed by atoms with Gasteiger partial charge in [0.1, 0.15) is 0 Å². The molecule has 182 valence electrons. The third kappa shape index (κ3) is 7.51. The van der Waals surface area contributed by atoms with Crippen LogP contribution >= 0.6 is 0 Å². The first-order valence-electron chi connectivity index (χ1n) is 12.8. The molecule has 0 bridgehead atoms. The van der Waals surface area contributed by atoms with E-state index in [0.717, 1.165) is 74.0 Å². The third-order valence-corrected chi connectivity index (χ3v) is 6.87. The van der Waals surface area contributed by atoms with Gasteiger partial charge >= 0.3 is 0 Å². The Morgan fingerprint density at radius 2 is 1.63 bits per heavy atom. The van der Waals surface area contributed by atoms with Gasteiger partial charge in [0.25, 0.3) is 5.91 Å². The highest BCUT2D eigenvalue weighted by Gasteiger charge is 2.23. The number of benzene rings is 2. The number of aryl methyl sites for hydroxylation is 1. The van der Waals surface area contributed by atoms with Crippen LogP contribution in [-0.4, -0.2) is 41.3 Å². The monoisotopic (exact) mass is 469 g/mol. The standard InChI is InChI=1S/C30H35N3O2/c34-29(16-11-25-8-6-19-31-23-25)32-20-5-4-7-24-17-21-33(22-18-24)30(35)28-14-12-27(13-15-28)26-9-2-1-3-10-26/h1-3,6,8-10,12-15,19,23-24H,4-5,7,11,16-18,20-22H2,(H,32,34). The minimum absolute atomic E-state index is 0.109. The molecule has 1 saturated heterocycles. The number of hydrogen-bond acceptors (Lipinski definition) is 3. The van der Waals surface area contributed by atoms with Crippen molar-refractivity contribution >= 4 is 11.8 Å². The molecule has 1 aromatic heterocycles. The smallest absolute Gasteiger partial charge is 0.253 e. The number of unbranched alkanes of at least 4 members (excludes halogenated alkanes) is 1. The fourth-order valence-electron chi connectivity index (χ4n) is 4.72. The summed E-state index contributed by atoms with van der Waals surface area (Å²) < 4.78 is 0. The van der Waals surface area contributed by atoms with Gasteiger partial charge in [0.05, 0.1) is 0 Å². The maximum atomic E-state index is 12.9. The van der Waals surface area contributed by atoms with Gasteiger partial charge in [-0.3, -0.25) is 14.6 Å². The van der Waals surface area contributed by atoms with Crippen LogP contribution in [0.4, 0.5) is 0 Å². The lowest BCUT2D eigenvalue weighted by molar-refractivity contribution is -0.121. The van der Waals surface area contributed by atoms with E-state index in [4.69, 9.17) is 0 Å². The first kappa shape index (κ1) is 24.6. The van der Waals surface area contributed by atoms with Crippen LogP contribution in [0.2, 0.25) is 0 Å². The molecular formula is C30H35N3O2. The summed E-state index contributed by atoms with van der Waals surface area (Å²) in [4.78, 5) is 31.0. The molecule has 3 aromatic rings. The maximum absolute atomic E-state index is 12.9. The second-order valence-electron chi connectivity index (χ2n) is 9.39. The molecule has 1 aliphatic rings. The zero-order valence-electron chi connectivity index (χ0n) is 20.4. The van der Waals surface area contributed by atoms with Crippen molar-refractivity contribution in [1.82, 2.24) is 15.2 Å². The number of amides is 2. The largest absolute Gasteiger partial charge is 0.356 e. The SMILES string of the molecule is O=C(CCc1cccnc1)NCCCCC1CCN(C(=O)c2ccc(-c3ccccc3)cc2)CC1. The molecule has 0 unspecified atom stereocenters. The zero-order chi connectivity index (χ0) is 24.3. The lowest BCUT2D eigenvalue weighted by Crippen LogP contribution is -2.38. The lowest BCUT2D eigenvalue weighted by atomic mass is 9.91. The zero-order valence-corrected chi connectivity index (χ0v) is 20.4. The van der Waals surface area contributed by atoms with E-state index in [1.807, 2.05) is 65.7 Å². The van der Waals surface area contributed by atoms with E-state index < -0.39 is 0 Å². The molecule has 35 heavy (non-hydrogen) atoms. The van der Waals surface area contributed by atoms with Gasteiger partial charge in [-0.25, -0.2) is 0 Å². The Kier molecular flexibility index (Phi) is 9.04. The molecule has 1 fully saturated rings. The molecule has 1 aliphatic heterocycles. The highest BCUT2D eigenvalue weighted by atomic mass is 16.2. The minimum atomic E-state index is 0.109. The van der Waals surface area contributed by atoms with Crippen LogP contribution in [0.15, 0.2) is 79.1 Å². The van der Waals surface area contributed by atoms with Crippen LogP contribution in [-0.2, 0) is 11.2 Å². The van der Waals surface area contributed by atoms with Gasteiger partial charge in [0.15, 0.2) is 0 Å². The molecule has 2 aromatic carbocycles. The minimum Gasteiger partial charge on any atom is -0.356 e. The Hall–Kier alpha value is -3.47. The number of rotatable bonds is 10. The molecule has 0 atom stereocenters. The average Bonchev–Trinajstić information content (AvgIpc) is 2.93. The number of likely N-dealkylation sites (tertiary alicyclic amines) is 1. The van der Waals surface area contributed by atoms with E-state index in [-0.39, 0.29) is 11.8 Å². The molecule has 5 heteroatoms. The van der Waals surface area contributed by atoms with E-state index in [1.54, 1.807) is 6.20 Å². The molecule has 0 radical (unpaired) electrons. The molecule has 2 amide bonds. The molecule has 1 N–H and O–H groups in total. The number of nitrogens with one attached hydrogen (secondary N) is 1. The van der Waals surface area contributed by atoms with Crippen molar-refractivity contribution in [2.75, 3.05) is 19.6 Å². The van der Waals surface area contributed by atoms with Gasteiger partial charge in [0.2, 0.25) is 5.91 Å². The number of pyridine rings is 1. The Morgan fingerprint density at radius 3 is 2.34 bits per heavy atom. The van der Waals surface area contributed by atoms with E-state index in [9.17, 15) is 9.59 Å². The molecule has 0 aliphatic carbocycles. The van der Waals surface area contributed by atoms with Crippen molar-refractivity contribution in [1.29, 1.82) is 0 Å². The van der Waals surface area contributed by atoms with Gasteiger partial charge in [-0.1, -0.05) is 61.4 Å². The highest BCUT2D eigenvalue weighted by molar-refractivity contribution is 5.94. The van der Waals surface area contributed by atoms with Gasteiger partial charge in [0, 0.05) is 44.0 Å². The summed E-state index contributed by atoms with van der Waals surface area (Å²) in [5.41, 5.74) is 4.15. The second-order valence-corrected chi connectivity index (χ2v) is 9.39. The summed E-state index contributed by atoms with van der Waals surface area (Å²) in [5.74, 6) is 0.912. The van der Waals surface area contributed by atoms with Gasteiger partial charge in [-0.2, -0.15) is 0 Å². The maximum Gasteiger partial charge on any atom is 0.253 e. The molecule has 0 spiro atoms. The van der Waals surface area contributed by atoms with E-state index in [2.05, 4.69) is 22.4 Å². The number of carbonyl (C=O) groups excluding carboxylic acids is 2. The highest BCUT2D eigenvalue weighted by Crippen LogP contribution is 2.25. The number of nitrogens with zero attached hydrogens (tertiary/aromatic N) is 2. The first-order valence-corrected chi connectivity index (χ1v) is 12.8. The number of piperidine rings is 1. The van der Waals surface area contributed by atoms with Crippen molar-refractivity contribution in [2.45, 2.75) is 44.9 Å². The summed E-state index contributed by atoms with van der Waals surface area (Å²) in [5, 5.41) is 3.03. The van der Waals surface area contributed by atoms with Crippen LogP contribution in [0.1, 0.15) is 54.4 Å². The summed E-state index contributed by atoms with van der Waals surface area (Å²) in [6.07, 6.45) is 10.2. The lowest BCUT2D eigenvalue weighted by Gasteiger charge is -2.32. The Bertz CT molecular complexity index is 1060. The molecule has 0 saturated carbocycles. The molecule has 4 rings (SSSR count). The number of carbonyl (C=O) groups is 2. The second kappa shape index (κ2) is 12.8. The number of aromatic nitrogens is 1. The Labute approximate surface area is 208 Å². The predicted octanol–water partition coefficient (Wildman–Crippen LogP) is 5.52. The van der Waals surface area contributed by atoms with E-state index in [1.165, 1.54) is 6.42 Å².